The van der Waals surface area contributed by atoms with Gasteiger partial charge >= 0.3 is 0 Å². The fourth-order valence-electron chi connectivity index (χ4n) is 4.62. The van der Waals surface area contributed by atoms with Crippen molar-refractivity contribution < 1.29 is 4.42 Å². The van der Waals surface area contributed by atoms with Crippen LogP contribution in [0, 0.1) is 12.8 Å². The van der Waals surface area contributed by atoms with Crippen molar-refractivity contribution in [2.45, 2.75) is 46.2 Å². The minimum absolute atomic E-state index is 0.480. The Labute approximate surface area is 206 Å². The van der Waals surface area contributed by atoms with Gasteiger partial charge in [-0.05, 0) is 67.6 Å². The highest BCUT2D eigenvalue weighted by molar-refractivity contribution is 7.80. The molecule has 0 radical (unpaired) electrons. The lowest BCUT2D eigenvalue weighted by atomic mass is 9.99. The molecule has 2 aliphatic rings. The zero-order valence-corrected chi connectivity index (χ0v) is 20.7. The monoisotopic (exact) mass is 476 g/mol. The van der Waals surface area contributed by atoms with Gasteiger partial charge in [0, 0.05) is 32.2 Å². The van der Waals surface area contributed by atoms with E-state index in [4.69, 9.17) is 26.6 Å². The molecule has 1 saturated heterocycles. The predicted molar refractivity (Wildman–Crippen MR) is 140 cm³/mol. The Morgan fingerprint density at radius 1 is 1.03 bits per heavy atom. The summed E-state index contributed by atoms with van der Waals surface area (Å²) < 4.78 is 5.62. The van der Waals surface area contributed by atoms with Gasteiger partial charge in [-0.2, -0.15) is 9.97 Å². The summed E-state index contributed by atoms with van der Waals surface area (Å²) in [5.74, 6) is 4.91. The molecule has 5 rings (SSSR count). The number of fused-ring (bicyclic) bond motifs is 1. The van der Waals surface area contributed by atoms with Crippen LogP contribution < -0.4 is 20.4 Å². The Hall–Kier alpha value is -3.13. The molecule has 2 N–H and O–H groups in total. The van der Waals surface area contributed by atoms with E-state index in [-0.39, 0.29) is 0 Å². The number of nitrogens with one attached hydrogen (secondary N) is 2. The van der Waals surface area contributed by atoms with Gasteiger partial charge in [-0.15, -0.1) is 0 Å². The van der Waals surface area contributed by atoms with Gasteiger partial charge in [0.2, 0.25) is 5.95 Å². The molecule has 0 bridgehead atoms. The summed E-state index contributed by atoms with van der Waals surface area (Å²) in [5, 5.41) is 6.89. The summed E-state index contributed by atoms with van der Waals surface area (Å²) in [5.41, 5.74) is 2.79. The zero-order valence-electron chi connectivity index (χ0n) is 19.9. The average Bonchev–Trinajstić information content (AvgIpc) is 3.28. The van der Waals surface area contributed by atoms with Crippen LogP contribution in [0.25, 0.3) is 0 Å². The lowest BCUT2D eigenvalue weighted by Gasteiger charge is -2.33. The van der Waals surface area contributed by atoms with Crippen molar-refractivity contribution in [1.82, 2.24) is 15.3 Å². The fourth-order valence-corrected chi connectivity index (χ4v) is 4.79. The molecule has 4 heterocycles. The van der Waals surface area contributed by atoms with Crippen molar-refractivity contribution in [2.24, 2.45) is 5.92 Å². The molecule has 0 unspecified atom stereocenters. The van der Waals surface area contributed by atoms with E-state index in [2.05, 4.69) is 57.7 Å². The quantitative estimate of drug-likeness (QED) is 0.515. The maximum absolute atomic E-state index is 5.62. The standard InChI is InChI=1S/C26H32N6OS/c1-18-9-12-31(13-10-18)23-15-24(32-14-11-20-5-3-4-6-21(20)17-32)29-25(28-23)30-26(34)27-16-22-8-7-19(2)33-22/h3-8,15,18H,9-14,16-17H2,1-2H3,(H2,27,28,29,30,34). The Balaban J connectivity index is 1.35. The number of hydrogen-bond donors (Lipinski definition) is 2. The van der Waals surface area contributed by atoms with Crippen LogP contribution in [0.1, 0.15) is 42.4 Å². The van der Waals surface area contributed by atoms with Crippen molar-refractivity contribution in [3.05, 3.63) is 65.1 Å². The molecule has 0 spiro atoms. The lowest BCUT2D eigenvalue weighted by Crippen LogP contribution is -2.35. The number of aryl methyl sites for hydroxylation is 1. The lowest BCUT2D eigenvalue weighted by molar-refractivity contribution is 0.436. The first-order valence-corrected chi connectivity index (χ1v) is 12.5. The van der Waals surface area contributed by atoms with Gasteiger partial charge in [-0.25, -0.2) is 0 Å². The second-order valence-electron chi connectivity index (χ2n) is 9.34. The Morgan fingerprint density at radius 2 is 1.76 bits per heavy atom. The Kier molecular flexibility index (Phi) is 6.67. The summed E-state index contributed by atoms with van der Waals surface area (Å²) in [6.07, 6.45) is 3.38. The summed E-state index contributed by atoms with van der Waals surface area (Å²) >= 11 is 5.54. The van der Waals surface area contributed by atoms with Gasteiger partial charge in [0.25, 0.3) is 0 Å². The van der Waals surface area contributed by atoms with Gasteiger partial charge in [-0.3, -0.25) is 0 Å². The summed E-state index contributed by atoms with van der Waals surface area (Å²) in [4.78, 5) is 14.4. The number of benzene rings is 1. The first-order chi connectivity index (χ1) is 16.5. The molecule has 178 valence electrons. The number of piperidine rings is 1. The SMILES string of the molecule is Cc1ccc(CNC(=S)Nc2nc(N3CCC(C)CC3)cc(N3CCc4ccccc4C3)n2)o1. The second-order valence-corrected chi connectivity index (χ2v) is 9.75. The maximum atomic E-state index is 5.62. The molecule has 2 aliphatic heterocycles. The molecule has 1 aromatic carbocycles. The predicted octanol–water partition coefficient (Wildman–Crippen LogP) is 4.66. The highest BCUT2D eigenvalue weighted by Crippen LogP contribution is 2.29. The van der Waals surface area contributed by atoms with Crippen LogP contribution in [0.15, 0.2) is 46.9 Å². The van der Waals surface area contributed by atoms with Gasteiger partial charge in [0.05, 0.1) is 6.54 Å². The molecule has 3 aromatic rings. The topological polar surface area (TPSA) is 69.5 Å². The molecule has 7 nitrogen and oxygen atoms in total. The first-order valence-electron chi connectivity index (χ1n) is 12.1. The smallest absolute Gasteiger partial charge is 0.232 e. The van der Waals surface area contributed by atoms with Crippen LogP contribution in [0.2, 0.25) is 0 Å². The van der Waals surface area contributed by atoms with Crippen molar-refractivity contribution >= 4 is 34.9 Å². The van der Waals surface area contributed by atoms with Gasteiger partial charge in [-0.1, -0.05) is 31.2 Å². The average molecular weight is 477 g/mol. The molecule has 0 atom stereocenters. The van der Waals surface area contributed by atoms with Crippen molar-refractivity contribution in [2.75, 3.05) is 34.8 Å². The summed E-state index contributed by atoms with van der Waals surface area (Å²) in [7, 11) is 0. The largest absolute Gasteiger partial charge is 0.465 e. The summed E-state index contributed by atoms with van der Waals surface area (Å²) in [6.45, 7) is 8.58. The van der Waals surface area contributed by atoms with Gasteiger partial charge in [0.15, 0.2) is 5.11 Å². The van der Waals surface area contributed by atoms with Gasteiger partial charge < -0.3 is 24.9 Å². The number of furan rings is 1. The number of thiocarbonyl (C=S) groups is 1. The molecular formula is C26H32N6OS. The van der Waals surface area contributed by atoms with E-state index in [9.17, 15) is 0 Å². The van der Waals surface area contributed by atoms with E-state index >= 15 is 0 Å². The normalized spacial score (nSPS) is 16.3. The second kappa shape index (κ2) is 10.0. The van der Waals surface area contributed by atoms with Crippen LogP contribution in [0.4, 0.5) is 17.6 Å². The van der Waals surface area contributed by atoms with Crippen molar-refractivity contribution in [1.29, 1.82) is 0 Å². The minimum Gasteiger partial charge on any atom is -0.465 e. The maximum Gasteiger partial charge on any atom is 0.232 e. The molecule has 8 heteroatoms. The van der Waals surface area contributed by atoms with Crippen LogP contribution in [-0.4, -0.2) is 34.7 Å². The van der Waals surface area contributed by atoms with Crippen LogP contribution in [0.3, 0.4) is 0 Å². The molecule has 1 fully saturated rings. The zero-order chi connectivity index (χ0) is 23.5. The number of hydrogen-bond acceptors (Lipinski definition) is 6. The van der Waals surface area contributed by atoms with E-state index in [1.807, 2.05) is 19.1 Å². The third-order valence-electron chi connectivity index (χ3n) is 6.71. The van der Waals surface area contributed by atoms with Crippen LogP contribution in [-0.2, 0) is 19.5 Å². The number of nitrogens with zero attached hydrogens (tertiary/aromatic N) is 4. The Morgan fingerprint density at radius 3 is 2.50 bits per heavy atom. The fraction of sp³-hybridized carbons (Fsp3) is 0.423. The molecule has 0 aliphatic carbocycles. The molecule has 2 aromatic heterocycles. The molecule has 0 saturated carbocycles. The number of rotatable bonds is 5. The summed E-state index contributed by atoms with van der Waals surface area (Å²) in [6, 6.07) is 14.7. The van der Waals surface area contributed by atoms with Gasteiger partial charge in [0.1, 0.15) is 23.2 Å². The molecular weight excluding hydrogens is 444 g/mol. The molecule has 0 amide bonds. The van der Waals surface area contributed by atoms with E-state index < -0.39 is 0 Å². The Bertz CT molecular complexity index is 1150. The first kappa shape index (κ1) is 22.7. The number of aromatic nitrogens is 2. The highest BCUT2D eigenvalue weighted by atomic mass is 32.1. The third-order valence-corrected chi connectivity index (χ3v) is 6.95. The van der Waals surface area contributed by atoms with E-state index in [0.717, 1.165) is 61.7 Å². The third kappa shape index (κ3) is 5.33. The van der Waals surface area contributed by atoms with E-state index in [1.54, 1.807) is 0 Å². The highest BCUT2D eigenvalue weighted by Gasteiger charge is 2.22. The number of anilines is 3. The van der Waals surface area contributed by atoms with Crippen LogP contribution in [0.5, 0.6) is 0 Å². The molecule has 34 heavy (non-hydrogen) atoms. The van der Waals surface area contributed by atoms with E-state index in [0.29, 0.717) is 17.6 Å². The van der Waals surface area contributed by atoms with Crippen molar-refractivity contribution in [3.63, 3.8) is 0 Å². The van der Waals surface area contributed by atoms with E-state index in [1.165, 1.54) is 24.0 Å². The minimum atomic E-state index is 0.480. The van der Waals surface area contributed by atoms with Crippen molar-refractivity contribution in [3.8, 4) is 0 Å². The van der Waals surface area contributed by atoms with Crippen LogP contribution >= 0.6 is 12.2 Å².